The molecule has 1 N–H and O–H groups in total. The molecule has 110 valence electrons. The number of carbonyl (C=O) groups is 1. The number of aryl methyl sites for hydroxylation is 1. The molecule has 0 bridgehead atoms. The quantitative estimate of drug-likeness (QED) is 0.875. The normalized spacial score (nSPS) is 11.6. The van der Waals surface area contributed by atoms with Crippen molar-refractivity contribution in [3.63, 3.8) is 0 Å². The summed E-state index contributed by atoms with van der Waals surface area (Å²) in [5.41, 5.74) is 2.04. The number of amides is 1. The average Bonchev–Trinajstić information content (AvgIpc) is 2.35. The Kier molecular flexibility index (Phi) is 6.29. The molecule has 0 aliphatic heterocycles. The number of nitrogens with one attached hydrogen (secondary N) is 1. The summed E-state index contributed by atoms with van der Waals surface area (Å²) in [6.07, 6.45) is 5.80. The van der Waals surface area contributed by atoms with E-state index in [1.165, 1.54) is 5.56 Å². The number of ether oxygens (including phenoxy) is 1. The van der Waals surface area contributed by atoms with Crippen molar-refractivity contribution in [1.82, 2.24) is 5.32 Å². The first-order chi connectivity index (χ1) is 9.40. The Hall–Kier alpha value is -1.77. The number of hydrogen-bond acceptors (Lipinski definition) is 2. The van der Waals surface area contributed by atoms with Gasteiger partial charge in [-0.05, 0) is 38.3 Å². The fraction of sp³-hybridized carbons (Fsp3) is 0.471. The van der Waals surface area contributed by atoms with Gasteiger partial charge in [-0.2, -0.15) is 0 Å². The monoisotopic (exact) mass is 275 g/mol. The first-order valence-electron chi connectivity index (χ1n) is 7.13. The molecular formula is C17H25NO2. The highest BCUT2D eigenvalue weighted by Gasteiger charge is 2.14. The van der Waals surface area contributed by atoms with Gasteiger partial charge in [0.1, 0.15) is 5.60 Å². The van der Waals surface area contributed by atoms with Crippen LogP contribution in [0, 0.1) is 0 Å². The minimum atomic E-state index is -0.455. The van der Waals surface area contributed by atoms with Crippen molar-refractivity contribution in [3.05, 3.63) is 41.5 Å². The van der Waals surface area contributed by atoms with E-state index in [1.807, 2.05) is 32.9 Å². The molecule has 3 nitrogen and oxygen atoms in total. The van der Waals surface area contributed by atoms with E-state index in [0.717, 1.165) is 18.4 Å². The van der Waals surface area contributed by atoms with E-state index in [0.29, 0.717) is 6.54 Å². The maximum absolute atomic E-state index is 11.4. The molecule has 0 unspecified atom stereocenters. The van der Waals surface area contributed by atoms with Gasteiger partial charge in [0, 0.05) is 6.54 Å². The third-order valence-electron chi connectivity index (χ3n) is 2.59. The first kappa shape index (κ1) is 16.3. The largest absolute Gasteiger partial charge is 0.444 e. The van der Waals surface area contributed by atoms with Gasteiger partial charge in [0.05, 0.1) is 0 Å². The summed E-state index contributed by atoms with van der Waals surface area (Å²) in [6.45, 7) is 8.18. The molecule has 0 aliphatic rings. The second kappa shape index (κ2) is 7.73. The van der Waals surface area contributed by atoms with E-state index < -0.39 is 5.60 Å². The first-order valence-corrected chi connectivity index (χ1v) is 7.13. The van der Waals surface area contributed by atoms with Crippen molar-refractivity contribution in [1.29, 1.82) is 0 Å². The fourth-order valence-corrected chi connectivity index (χ4v) is 1.74. The molecular weight excluding hydrogens is 250 g/mol. The van der Waals surface area contributed by atoms with Gasteiger partial charge in [-0.3, -0.25) is 0 Å². The Bertz CT molecular complexity index is 441. The number of rotatable bonds is 5. The van der Waals surface area contributed by atoms with Gasteiger partial charge in [0.2, 0.25) is 0 Å². The maximum Gasteiger partial charge on any atom is 0.407 e. The Morgan fingerprint density at radius 1 is 1.25 bits per heavy atom. The summed E-state index contributed by atoms with van der Waals surface area (Å²) in [6, 6.07) is 8.47. The van der Waals surface area contributed by atoms with Crippen LogP contribution in [-0.4, -0.2) is 18.2 Å². The molecule has 0 spiro atoms. The molecule has 0 aliphatic carbocycles. The lowest BCUT2D eigenvalue weighted by Crippen LogP contribution is -2.32. The number of alkyl carbamates (subject to hydrolysis) is 1. The van der Waals surface area contributed by atoms with Crippen molar-refractivity contribution in [2.45, 2.75) is 46.1 Å². The van der Waals surface area contributed by atoms with Crippen LogP contribution in [0.2, 0.25) is 0 Å². The van der Waals surface area contributed by atoms with Crippen molar-refractivity contribution < 1.29 is 9.53 Å². The summed E-state index contributed by atoms with van der Waals surface area (Å²) in [4.78, 5) is 11.4. The minimum Gasteiger partial charge on any atom is -0.444 e. The molecule has 0 aromatic heterocycles. The zero-order valence-corrected chi connectivity index (χ0v) is 12.9. The molecule has 0 atom stereocenters. The van der Waals surface area contributed by atoms with E-state index in [2.05, 4.69) is 36.5 Å². The van der Waals surface area contributed by atoms with Gasteiger partial charge in [-0.25, -0.2) is 4.79 Å². The smallest absolute Gasteiger partial charge is 0.407 e. The lowest BCUT2D eigenvalue weighted by molar-refractivity contribution is 0.0534. The van der Waals surface area contributed by atoms with E-state index in [-0.39, 0.29) is 6.09 Å². The third kappa shape index (κ3) is 6.98. The lowest BCUT2D eigenvalue weighted by Gasteiger charge is -2.19. The standard InChI is InChI=1S/C17H25NO2/c1-5-7-14-9-11-15(12-10-14)8-6-13-18-16(19)20-17(2,3)4/h6,8-12H,5,7,13H2,1-4H3,(H,18,19). The second-order valence-electron chi connectivity index (χ2n) is 5.78. The van der Waals surface area contributed by atoms with E-state index in [1.54, 1.807) is 0 Å². The maximum atomic E-state index is 11.4. The Morgan fingerprint density at radius 2 is 1.90 bits per heavy atom. The summed E-state index contributed by atoms with van der Waals surface area (Å²) in [5, 5.41) is 2.69. The zero-order chi connectivity index (χ0) is 15.0. The topological polar surface area (TPSA) is 38.3 Å². The van der Waals surface area contributed by atoms with Gasteiger partial charge in [-0.15, -0.1) is 0 Å². The van der Waals surface area contributed by atoms with Crippen LogP contribution in [0.25, 0.3) is 6.08 Å². The molecule has 1 aromatic rings. The molecule has 1 amide bonds. The fourth-order valence-electron chi connectivity index (χ4n) is 1.74. The predicted octanol–water partition coefficient (Wildman–Crippen LogP) is 4.18. The van der Waals surface area contributed by atoms with Crippen molar-refractivity contribution >= 4 is 12.2 Å². The molecule has 0 saturated heterocycles. The summed E-state index contributed by atoms with van der Waals surface area (Å²) >= 11 is 0. The van der Waals surface area contributed by atoms with Crippen LogP contribution in [-0.2, 0) is 11.2 Å². The second-order valence-corrected chi connectivity index (χ2v) is 5.78. The SMILES string of the molecule is CCCc1ccc(C=CCNC(=O)OC(C)(C)C)cc1. The van der Waals surface area contributed by atoms with Crippen molar-refractivity contribution in [2.75, 3.05) is 6.54 Å². The zero-order valence-electron chi connectivity index (χ0n) is 12.9. The number of benzene rings is 1. The molecule has 20 heavy (non-hydrogen) atoms. The Balaban J connectivity index is 2.36. The van der Waals surface area contributed by atoms with Crippen LogP contribution < -0.4 is 5.32 Å². The van der Waals surface area contributed by atoms with Crippen molar-refractivity contribution in [2.24, 2.45) is 0 Å². The highest BCUT2D eigenvalue weighted by molar-refractivity contribution is 5.68. The third-order valence-corrected chi connectivity index (χ3v) is 2.59. The predicted molar refractivity (Wildman–Crippen MR) is 83.7 cm³/mol. The van der Waals surface area contributed by atoms with Gasteiger partial charge in [-0.1, -0.05) is 49.8 Å². The number of hydrogen-bond donors (Lipinski definition) is 1. The van der Waals surface area contributed by atoms with Gasteiger partial charge in [0.25, 0.3) is 0 Å². The van der Waals surface area contributed by atoms with Crippen molar-refractivity contribution in [3.8, 4) is 0 Å². The molecule has 0 fully saturated rings. The summed E-state index contributed by atoms with van der Waals surface area (Å²) < 4.78 is 5.15. The molecule has 1 aromatic carbocycles. The molecule has 3 heteroatoms. The van der Waals surface area contributed by atoms with E-state index in [9.17, 15) is 4.79 Å². The minimum absolute atomic E-state index is 0.388. The molecule has 0 radical (unpaired) electrons. The van der Waals surface area contributed by atoms with Crippen LogP contribution in [0.5, 0.6) is 0 Å². The Labute approximate surface area is 122 Å². The van der Waals surface area contributed by atoms with Crippen LogP contribution >= 0.6 is 0 Å². The number of carbonyl (C=O) groups excluding carboxylic acids is 1. The highest BCUT2D eigenvalue weighted by atomic mass is 16.6. The molecule has 0 saturated carbocycles. The van der Waals surface area contributed by atoms with Gasteiger partial charge < -0.3 is 10.1 Å². The van der Waals surface area contributed by atoms with E-state index in [4.69, 9.17) is 4.74 Å². The van der Waals surface area contributed by atoms with Crippen LogP contribution in [0.15, 0.2) is 30.3 Å². The Morgan fingerprint density at radius 3 is 2.45 bits per heavy atom. The van der Waals surface area contributed by atoms with Crippen LogP contribution in [0.4, 0.5) is 4.79 Å². The highest BCUT2D eigenvalue weighted by Crippen LogP contribution is 2.08. The van der Waals surface area contributed by atoms with Crippen LogP contribution in [0.1, 0.15) is 45.2 Å². The summed E-state index contributed by atoms with van der Waals surface area (Å²) in [5.74, 6) is 0. The molecule has 1 rings (SSSR count). The van der Waals surface area contributed by atoms with Crippen LogP contribution in [0.3, 0.4) is 0 Å². The van der Waals surface area contributed by atoms with E-state index >= 15 is 0 Å². The lowest BCUT2D eigenvalue weighted by atomic mass is 10.1. The average molecular weight is 275 g/mol. The van der Waals surface area contributed by atoms with Gasteiger partial charge >= 0.3 is 6.09 Å². The van der Waals surface area contributed by atoms with Gasteiger partial charge in [0.15, 0.2) is 0 Å². The molecule has 0 heterocycles. The summed E-state index contributed by atoms with van der Waals surface area (Å²) in [7, 11) is 0.